The van der Waals surface area contributed by atoms with Gasteiger partial charge >= 0.3 is 0 Å². The number of nitrogens with zero attached hydrogens (tertiary/aromatic N) is 2. The van der Waals surface area contributed by atoms with Gasteiger partial charge in [0, 0.05) is 33.1 Å². The Morgan fingerprint density at radius 1 is 1.26 bits per heavy atom. The van der Waals surface area contributed by atoms with Crippen LogP contribution in [0.25, 0.3) is 0 Å². The zero-order valence-electron chi connectivity index (χ0n) is 11.5. The summed E-state index contributed by atoms with van der Waals surface area (Å²) in [5.74, 6) is 0.333. The van der Waals surface area contributed by atoms with E-state index in [0.717, 1.165) is 26.1 Å². The van der Waals surface area contributed by atoms with Crippen LogP contribution in [0.15, 0.2) is 24.3 Å². The Morgan fingerprint density at radius 3 is 2.58 bits per heavy atom. The van der Waals surface area contributed by atoms with Crippen LogP contribution in [0.3, 0.4) is 0 Å². The highest BCUT2D eigenvalue weighted by atomic mass is 15.3. The molecule has 0 unspecified atom stereocenters. The maximum atomic E-state index is 7.54. The van der Waals surface area contributed by atoms with Crippen LogP contribution in [-0.2, 0) is 0 Å². The third-order valence-corrected chi connectivity index (χ3v) is 4.39. The maximum absolute atomic E-state index is 7.54. The quantitative estimate of drug-likeness (QED) is 0.642. The molecule has 19 heavy (non-hydrogen) atoms. The molecule has 3 N–H and O–H groups in total. The number of anilines is 2. The van der Waals surface area contributed by atoms with Gasteiger partial charge in [-0.15, -0.1) is 0 Å². The van der Waals surface area contributed by atoms with Crippen molar-refractivity contribution in [3.05, 3.63) is 24.3 Å². The molecule has 1 saturated carbocycles. The lowest BCUT2D eigenvalue weighted by atomic mass is 10.00. The SMILES string of the molecule is CN1CCN(CC2(CC(=N)N)CC2)c2ccccc21. The van der Waals surface area contributed by atoms with Gasteiger partial charge in [-0.3, -0.25) is 5.41 Å². The highest BCUT2D eigenvalue weighted by Gasteiger charge is 2.44. The van der Waals surface area contributed by atoms with Gasteiger partial charge in [0.25, 0.3) is 0 Å². The second kappa shape index (κ2) is 4.44. The van der Waals surface area contributed by atoms with Gasteiger partial charge in [-0.25, -0.2) is 0 Å². The highest BCUT2D eigenvalue weighted by molar-refractivity contribution is 5.78. The summed E-state index contributed by atoms with van der Waals surface area (Å²) in [6.45, 7) is 3.16. The van der Waals surface area contributed by atoms with E-state index in [1.165, 1.54) is 24.2 Å². The lowest BCUT2D eigenvalue weighted by Crippen LogP contribution is -2.42. The first-order valence-corrected chi connectivity index (χ1v) is 6.98. The molecule has 0 aromatic heterocycles. The Bertz CT molecular complexity index is 493. The average Bonchev–Trinajstić information content (AvgIpc) is 3.12. The molecular weight excluding hydrogens is 236 g/mol. The number of hydrogen-bond donors (Lipinski definition) is 2. The Hall–Kier alpha value is -1.71. The van der Waals surface area contributed by atoms with Crippen molar-refractivity contribution < 1.29 is 0 Å². The molecule has 3 rings (SSSR count). The number of benzene rings is 1. The van der Waals surface area contributed by atoms with Gasteiger partial charge in [0.15, 0.2) is 0 Å². The first-order chi connectivity index (χ1) is 9.10. The first kappa shape index (κ1) is 12.3. The van der Waals surface area contributed by atoms with Crippen molar-refractivity contribution in [1.82, 2.24) is 0 Å². The Kier molecular flexibility index (Phi) is 2.88. The second-order valence-corrected chi connectivity index (χ2v) is 6.03. The van der Waals surface area contributed by atoms with Crippen LogP contribution in [0.2, 0.25) is 0 Å². The Morgan fingerprint density at radius 2 is 1.95 bits per heavy atom. The van der Waals surface area contributed by atoms with E-state index in [9.17, 15) is 0 Å². The molecule has 0 radical (unpaired) electrons. The predicted octanol–water partition coefficient (Wildman–Crippen LogP) is 2.05. The van der Waals surface area contributed by atoms with E-state index in [0.29, 0.717) is 5.84 Å². The number of para-hydroxylation sites is 2. The van der Waals surface area contributed by atoms with Crippen LogP contribution in [0.1, 0.15) is 19.3 Å². The standard InChI is InChI=1S/C15H22N4/c1-18-8-9-19(13-5-3-2-4-12(13)18)11-15(6-7-15)10-14(16)17/h2-5H,6-11H2,1H3,(H3,16,17). The van der Waals surface area contributed by atoms with Crippen molar-refractivity contribution in [2.75, 3.05) is 36.5 Å². The Balaban J connectivity index is 1.80. The van der Waals surface area contributed by atoms with Gasteiger partial charge in [0.05, 0.1) is 17.2 Å². The lowest BCUT2D eigenvalue weighted by molar-refractivity contribution is 0.510. The van der Waals surface area contributed by atoms with E-state index in [1.54, 1.807) is 0 Å². The number of nitrogens with two attached hydrogens (primary N) is 1. The smallest absolute Gasteiger partial charge is 0.0911 e. The van der Waals surface area contributed by atoms with E-state index < -0.39 is 0 Å². The molecule has 0 bridgehead atoms. The van der Waals surface area contributed by atoms with Gasteiger partial charge in [-0.05, 0) is 30.4 Å². The van der Waals surface area contributed by atoms with Crippen molar-refractivity contribution in [2.24, 2.45) is 11.1 Å². The molecule has 1 aliphatic heterocycles. The molecule has 4 nitrogen and oxygen atoms in total. The molecule has 0 saturated heterocycles. The summed E-state index contributed by atoms with van der Waals surface area (Å²) in [7, 11) is 2.15. The lowest BCUT2D eigenvalue weighted by Gasteiger charge is -2.39. The third kappa shape index (κ3) is 2.39. The van der Waals surface area contributed by atoms with Crippen LogP contribution in [0.4, 0.5) is 11.4 Å². The number of likely N-dealkylation sites (N-methyl/N-ethyl adjacent to an activating group) is 1. The van der Waals surface area contributed by atoms with Gasteiger partial charge in [0.1, 0.15) is 0 Å². The summed E-state index contributed by atoms with van der Waals surface area (Å²) >= 11 is 0. The summed E-state index contributed by atoms with van der Waals surface area (Å²) in [6.07, 6.45) is 3.17. The minimum atomic E-state index is 0.273. The van der Waals surface area contributed by atoms with E-state index in [4.69, 9.17) is 11.1 Å². The molecule has 1 fully saturated rings. The maximum Gasteiger partial charge on any atom is 0.0911 e. The number of amidine groups is 1. The molecule has 2 aliphatic rings. The van der Waals surface area contributed by atoms with Gasteiger partial charge < -0.3 is 15.5 Å². The van der Waals surface area contributed by atoms with Gasteiger partial charge in [-0.1, -0.05) is 12.1 Å². The monoisotopic (exact) mass is 258 g/mol. The van der Waals surface area contributed by atoms with Crippen molar-refractivity contribution in [3.8, 4) is 0 Å². The fourth-order valence-corrected chi connectivity index (χ4v) is 3.11. The zero-order chi connectivity index (χ0) is 13.5. The molecule has 1 aromatic rings. The third-order valence-electron chi connectivity index (χ3n) is 4.39. The highest BCUT2D eigenvalue weighted by Crippen LogP contribution is 2.50. The molecule has 102 valence electrons. The minimum Gasteiger partial charge on any atom is -0.388 e. The van der Waals surface area contributed by atoms with Crippen molar-refractivity contribution in [1.29, 1.82) is 5.41 Å². The van der Waals surface area contributed by atoms with Crippen molar-refractivity contribution >= 4 is 17.2 Å². The van der Waals surface area contributed by atoms with Crippen molar-refractivity contribution in [3.63, 3.8) is 0 Å². The molecule has 0 amide bonds. The van der Waals surface area contributed by atoms with Gasteiger partial charge in [0.2, 0.25) is 0 Å². The molecular formula is C15H22N4. The van der Waals surface area contributed by atoms with E-state index in [-0.39, 0.29) is 5.41 Å². The predicted molar refractivity (Wildman–Crippen MR) is 80.1 cm³/mol. The summed E-state index contributed by atoms with van der Waals surface area (Å²) in [5.41, 5.74) is 8.51. The van der Waals surface area contributed by atoms with Crippen LogP contribution < -0.4 is 15.5 Å². The summed E-state index contributed by atoms with van der Waals surface area (Å²) in [5, 5.41) is 7.54. The number of fused-ring (bicyclic) bond motifs is 1. The van der Waals surface area contributed by atoms with E-state index in [1.807, 2.05) is 0 Å². The first-order valence-electron chi connectivity index (χ1n) is 6.98. The topological polar surface area (TPSA) is 56.4 Å². The van der Waals surface area contributed by atoms with Crippen LogP contribution in [0.5, 0.6) is 0 Å². The molecule has 0 atom stereocenters. The number of hydrogen-bond acceptors (Lipinski definition) is 3. The number of nitrogens with one attached hydrogen (secondary N) is 1. The number of rotatable bonds is 4. The fourth-order valence-electron chi connectivity index (χ4n) is 3.11. The van der Waals surface area contributed by atoms with E-state index >= 15 is 0 Å². The van der Waals surface area contributed by atoms with Crippen molar-refractivity contribution in [2.45, 2.75) is 19.3 Å². The second-order valence-electron chi connectivity index (χ2n) is 6.03. The summed E-state index contributed by atoms with van der Waals surface area (Å²) < 4.78 is 0. The normalized spacial score (nSPS) is 20.1. The minimum absolute atomic E-state index is 0.273. The molecule has 1 aliphatic carbocycles. The molecule has 0 spiro atoms. The Labute approximate surface area is 114 Å². The largest absolute Gasteiger partial charge is 0.388 e. The summed E-state index contributed by atoms with van der Waals surface area (Å²) in [6, 6.07) is 8.59. The molecule has 1 aromatic carbocycles. The van der Waals surface area contributed by atoms with Crippen LogP contribution in [0, 0.1) is 10.8 Å². The van der Waals surface area contributed by atoms with Crippen LogP contribution >= 0.6 is 0 Å². The van der Waals surface area contributed by atoms with Gasteiger partial charge in [-0.2, -0.15) is 0 Å². The zero-order valence-corrected chi connectivity index (χ0v) is 11.5. The average molecular weight is 258 g/mol. The van der Waals surface area contributed by atoms with Crippen LogP contribution in [-0.4, -0.2) is 32.5 Å². The summed E-state index contributed by atoms with van der Waals surface area (Å²) in [4.78, 5) is 4.79. The molecule has 1 heterocycles. The van der Waals surface area contributed by atoms with E-state index in [2.05, 4.69) is 41.1 Å². The molecule has 4 heteroatoms. The fraction of sp³-hybridized carbons (Fsp3) is 0.533.